The molecule has 1 aromatic carbocycles. The highest BCUT2D eigenvalue weighted by molar-refractivity contribution is 5.87. The Morgan fingerprint density at radius 3 is 2.63 bits per heavy atom. The van der Waals surface area contributed by atoms with Crippen LogP contribution in [-0.2, 0) is 7.05 Å². The van der Waals surface area contributed by atoms with Crippen molar-refractivity contribution in [3.63, 3.8) is 0 Å². The van der Waals surface area contributed by atoms with Crippen LogP contribution in [0.2, 0.25) is 0 Å². The quantitative estimate of drug-likeness (QED) is 0.881. The number of carboxylic acid groups (broad SMARTS) is 1. The molecule has 19 heavy (non-hydrogen) atoms. The van der Waals surface area contributed by atoms with Gasteiger partial charge in [0.2, 0.25) is 0 Å². The van der Waals surface area contributed by atoms with Crippen LogP contribution >= 0.6 is 0 Å². The number of methoxy groups -OCH3 is 1. The van der Waals surface area contributed by atoms with Crippen LogP contribution < -0.4 is 4.74 Å². The molecule has 0 aliphatic heterocycles. The minimum Gasteiger partial charge on any atom is -0.504 e. The zero-order chi connectivity index (χ0) is 14.2. The van der Waals surface area contributed by atoms with Crippen molar-refractivity contribution in [2.75, 3.05) is 7.11 Å². The van der Waals surface area contributed by atoms with Gasteiger partial charge >= 0.3 is 5.97 Å². The topological polar surface area (TPSA) is 84.6 Å². The van der Waals surface area contributed by atoms with Gasteiger partial charge < -0.3 is 14.9 Å². The van der Waals surface area contributed by atoms with E-state index in [9.17, 15) is 9.90 Å². The molecule has 0 aliphatic carbocycles. The maximum absolute atomic E-state index is 10.9. The van der Waals surface area contributed by atoms with Crippen molar-refractivity contribution < 1.29 is 19.7 Å². The summed E-state index contributed by atoms with van der Waals surface area (Å²) in [4.78, 5) is 10.9. The SMILES string of the molecule is COc1c(-c2cc(C(=O)O)nn2C)ccc(C)c1O. The highest BCUT2D eigenvalue weighted by Gasteiger charge is 2.18. The van der Waals surface area contributed by atoms with Crippen molar-refractivity contribution in [2.24, 2.45) is 7.05 Å². The van der Waals surface area contributed by atoms with Gasteiger partial charge in [-0.3, -0.25) is 4.68 Å². The van der Waals surface area contributed by atoms with E-state index in [-0.39, 0.29) is 11.4 Å². The number of aromatic nitrogens is 2. The van der Waals surface area contributed by atoms with Crippen LogP contribution in [0.4, 0.5) is 0 Å². The summed E-state index contributed by atoms with van der Waals surface area (Å²) in [5, 5.41) is 22.8. The lowest BCUT2D eigenvalue weighted by Gasteiger charge is -2.12. The average Bonchev–Trinajstić information content (AvgIpc) is 2.75. The number of aryl methyl sites for hydroxylation is 2. The molecule has 0 spiro atoms. The van der Waals surface area contributed by atoms with E-state index in [0.717, 1.165) is 0 Å². The molecule has 0 fully saturated rings. The fraction of sp³-hybridized carbons (Fsp3) is 0.231. The third kappa shape index (κ3) is 2.12. The molecule has 0 saturated heterocycles. The molecule has 1 aromatic heterocycles. The van der Waals surface area contributed by atoms with Gasteiger partial charge in [0.05, 0.1) is 12.8 Å². The highest BCUT2D eigenvalue weighted by Crippen LogP contribution is 2.39. The highest BCUT2D eigenvalue weighted by atomic mass is 16.5. The van der Waals surface area contributed by atoms with Crippen molar-refractivity contribution in [1.82, 2.24) is 9.78 Å². The first kappa shape index (κ1) is 12.9. The molecule has 1 heterocycles. The van der Waals surface area contributed by atoms with Crippen LogP contribution in [0.15, 0.2) is 18.2 Å². The first-order valence-corrected chi connectivity index (χ1v) is 5.60. The minimum atomic E-state index is -1.10. The molecule has 0 atom stereocenters. The Balaban J connectivity index is 2.65. The molecular weight excluding hydrogens is 248 g/mol. The average molecular weight is 262 g/mol. The summed E-state index contributed by atoms with van der Waals surface area (Å²) in [6, 6.07) is 4.94. The number of aromatic hydroxyl groups is 1. The van der Waals surface area contributed by atoms with Crippen molar-refractivity contribution in [3.8, 4) is 22.8 Å². The van der Waals surface area contributed by atoms with Gasteiger partial charge in [-0.15, -0.1) is 0 Å². The van der Waals surface area contributed by atoms with Gasteiger partial charge in [0.25, 0.3) is 0 Å². The van der Waals surface area contributed by atoms with E-state index in [4.69, 9.17) is 9.84 Å². The molecular formula is C13H14N2O4. The van der Waals surface area contributed by atoms with Crippen LogP contribution in [0.3, 0.4) is 0 Å². The fourth-order valence-electron chi connectivity index (χ4n) is 1.90. The van der Waals surface area contributed by atoms with E-state index in [0.29, 0.717) is 22.6 Å². The fourth-order valence-corrected chi connectivity index (χ4v) is 1.90. The van der Waals surface area contributed by atoms with Crippen LogP contribution in [0.5, 0.6) is 11.5 Å². The lowest BCUT2D eigenvalue weighted by atomic mass is 10.1. The third-order valence-electron chi connectivity index (χ3n) is 2.91. The number of phenolic OH excluding ortho intramolecular Hbond substituents is 1. The predicted molar refractivity (Wildman–Crippen MR) is 68.6 cm³/mol. The Labute approximate surface area is 109 Å². The summed E-state index contributed by atoms with van der Waals surface area (Å²) in [7, 11) is 3.09. The normalized spacial score (nSPS) is 10.5. The molecule has 2 N–H and O–H groups in total. The summed E-state index contributed by atoms with van der Waals surface area (Å²) < 4.78 is 6.64. The lowest BCUT2D eigenvalue weighted by Crippen LogP contribution is -1.99. The zero-order valence-corrected chi connectivity index (χ0v) is 10.8. The van der Waals surface area contributed by atoms with E-state index in [1.807, 2.05) is 0 Å². The summed E-state index contributed by atoms with van der Waals surface area (Å²) in [6.07, 6.45) is 0. The van der Waals surface area contributed by atoms with E-state index >= 15 is 0 Å². The number of ether oxygens (including phenoxy) is 1. The van der Waals surface area contributed by atoms with Crippen LogP contribution in [0.1, 0.15) is 16.1 Å². The minimum absolute atomic E-state index is 0.0399. The Morgan fingerprint density at radius 1 is 1.42 bits per heavy atom. The van der Waals surface area contributed by atoms with E-state index in [1.54, 1.807) is 26.1 Å². The standard InChI is InChI=1S/C13H14N2O4/c1-7-4-5-8(12(19-3)11(7)16)10-6-9(13(17)18)14-15(10)2/h4-6,16H,1-3H3,(H,17,18). The Kier molecular flexibility index (Phi) is 3.16. The lowest BCUT2D eigenvalue weighted by molar-refractivity contribution is 0.0689. The Morgan fingerprint density at radius 2 is 2.11 bits per heavy atom. The molecule has 0 amide bonds. The van der Waals surface area contributed by atoms with E-state index < -0.39 is 5.97 Å². The second-order valence-corrected chi connectivity index (χ2v) is 4.16. The van der Waals surface area contributed by atoms with Crippen molar-refractivity contribution in [3.05, 3.63) is 29.5 Å². The summed E-state index contributed by atoms with van der Waals surface area (Å²) in [5.74, 6) is -0.754. The smallest absolute Gasteiger partial charge is 0.356 e. The van der Waals surface area contributed by atoms with Crippen LogP contribution in [-0.4, -0.2) is 33.1 Å². The number of hydrogen-bond donors (Lipinski definition) is 2. The summed E-state index contributed by atoms with van der Waals surface area (Å²) in [6.45, 7) is 1.76. The number of aromatic carboxylic acids is 1. The molecule has 100 valence electrons. The number of hydrogen-bond acceptors (Lipinski definition) is 4. The van der Waals surface area contributed by atoms with Gasteiger partial charge in [0.15, 0.2) is 17.2 Å². The Hall–Kier alpha value is -2.50. The molecule has 0 radical (unpaired) electrons. The first-order valence-electron chi connectivity index (χ1n) is 5.60. The predicted octanol–water partition coefficient (Wildman–Crippen LogP) is 1.81. The summed E-state index contributed by atoms with van der Waals surface area (Å²) >= 11 is 0. The molecule has 0 aliphatic rings. The molecule has 2 rings (SSSR count). The molecule has 0 saturated carbocycles. The number of nitrogens with zero attached hydrogens (tertiary/aromatic N) is 2. The number of carbonyl (C=O) groups is 1. The van der Waals surface area contributed by atoms with Gasteiger partial charge in [-0.05, 0) is 24.6 Å². The van der Waals surface area contributed by atoms with Gasteiger partial charge in [0, 0.05) is 12.6 Å². The van der Waals surface area contributed by atoms with Gasteiger partial charge in [-0.25, -0.2) is 4.79 Å². The number of phenols is 1. The van der Waals surface area contributed by atoms with E-state index in [1.165, 1.54) is 17.9 Å². The zero-order valence-electron chi connectivity index (χ0n) is 10.8. The molecule has 6 nitrogen and oxygen atoms in total. The molecule has 0 bridgehead atoms. The number of benzene rings is 1. The summed E-state index contributed by atoms with van der Waals surface area (Å²) in [5.41, 5.74) is 1.78. The maximum Gasteiger partial charge on any atom is 0.356 e. The maximum atomic E-state index is 10.9. The molecule has 6 heteroatoms. The largest absolute Gasteiger partial charge is 0.504 e. The van der Waals surface area contributed by atoms with Crippen LogP contribution in [0, 0.1) is 6.92 Å². The van der Waals surface area contributed by atoms with Crippen molar-refractivity contribution >= 4 is 5.97 Å². The number of rotatable bonds is 3. The first-order chi connectivity index (χ1) is 8.95. The van der Waals surface area contributed by atoms with Gasteiger partial charge in [0.1, 0.15) is 0 Å². The monoisotopic (exact) mass is 262 g/mol. The number of carboxylic acids is 1. The van der Waals surface area contributed by atoms with Crippen LogP contribution in [0.25, 0.3) is 11.3 Å². The second kappa shape index (κ2) is 4.64. The van der Waals surface area contributed by atoms with Gasteiger partial charge in [-0.1, -0.05) is 6.07 Å². The third-order valence-corrected chi connectivity index (χ3v) is 2.91. The van der Waals surface area contributed by atoms with Crippen molar-refractivity contribution in [1.29, 1.82) is 0 Å². The van der Waals surface area contributed by atoms with Crippen molar-refractivity contribution in [2.45, 2.75) is 6.92 Å². The second-order valence-electron chi connectivity index (χ2n) is 4.16. The van der Waals surface area contributed by atoms with E-state index in [2.05, 4.69) is 5.10 Å². The molecule has 2 aromatic rings. The molecule has 0 unspecified atom stereocenters. The van der Waals surface area contributed by atoms with Gasteiger partial charge in [-0.2, -0.15) is 5.10 Å². The Bertz CT molecular complexity index is 646.